The maximum absolute atomic E-state index is 13.5. The minimum absolute atomic E-state index is 0.00113. The van der Waals surface area contributed by atoms with Gasteiger partial charge in [-0.2, -0.15) is 0 Å². The Balaban J connectivity index is 2.70. The summed E-state index contributed by atoms with van der Waals surface area (Å²) >= 11 is 0. The number of halogens is 3. The first-order valence-electron chi connectivity index (χ1n) is 7.38. The molecule has 0 bridgehead atoms. The quantitative estimate of drug-likeness (QED) is 0.565. The van der Waals surface area contributed by atoms with E-state index in [0.717, 1.165) is 6.07 Å². The van der Waals surface area contributed by atoms with Crippen molar-refractivity contribution in [3.05, 3.63) is 29.6 Å². The van der Waals surface area contributed by atoms with Crippen LogP contribution in [0.25, 0.3) is 0 Å². The van der Waals surface area contributed by atoms with Gasteiger partial charge in [0.05, 0.1) is 11.8 Å². The Morgan fingerprint density at radius 3 is 2.25 bits per heavy atom. The zero-order valence-corrected chi connectivity index (χ0v) is 13.9. The van der Waals surface area contributed by atoms with E-state index in [1.54, 1.807) is 13.8 Å². The fourth-order valence-electron chi connectivity index (χ4n) is 2.20. The number of aliphatic hydroxyl groups is 1. The molecule has 0 aliphatic rings. The third-order valence-electron chi connectivity index (χ3n) is 3.63. The summed E-state index contributed by atoms with van der Waals surface area (Å²) < 4.78 is 39.4. The van der Waals surface area contributed by atoms with E-state index in [4.69, 9.17) is 0 Å². The van der Waals surface area contributed by atoms with Crippen LogP contribution in [-0.2, 0) is 9.59 Å². The first-order chi connectivity index (χ1) is 11.0. The van der Waals surface area contributed by atoms with Crippen LogP contribution in [0.15, 0.2) is 12.1 Å². The highest BCUT2D eigenvalue weighted by Gasteiger charge is 2.31. The lowest BCUT2D eigenvalue weighted by Gasteiger charge is -2.33. The number of benzene rings is 1. The van der Waals surface area contributed by atoms with Gasteiger partial charge < -0.3 is 15.7 Å². The molecule has 1 rings (SSSR count). The summed E-state index contributed by atoms with van der Waals surface area (Å²) in [5.74, 6) is -7.10. The van der Waals surface area contributed by atoms with Crippen molar-refractivity contribution in [1.29, 1.82) is 0 Å². The van der Waals surface area contributed by atoms with Crippen LogP contribution in [0.5, 0.6) is 0 Å². The SMILES string of the molecule is CC(C)C(O)C(C)(C)CNC(=O)C(=O)Nc1ccc(F)c(F)c1F. The van der Waals surface area contributed by atoms with E-state index < -0.39 is 46.5 Å². The smallest absolute Gasteiger partial charge is 0.313 e. The summed E-state index contributed by atoms with van der Waals surface area (Å²) in [5, 5.41) is 14.2. The number of hydrogen-bond acceptors (Lipinski definition) is 3. The molecule has 0 aliphatic heterocycles. The van der Waals surface area contributed by atoms with Crippen LogP contribution in [0.3, 0.4) is 0 Å². The van der Waals surface area contributed by atoms with Crippen molar-refractivity contribution >= 4 is 17.5 Å². The fraction of sp³-hybridized carbons (Fsp3) is 0.500. The van der Waals surface area contributed by atoms with Crippen LogP contribution in [0, 0.1) is 28.8 Å². The third kappa shape index (κ3) is 4.70. The lowest BCUT2D eigenvalue weighted by Crippen LogP contribution is -2.46. The first kappa shape index (κ1) is 20.0. The summed E-state index contributed by atoms with van der Waals surface area (Å²) in [6.45, 7) is 7.05. The number of rotatable bonds is 5. The molecule has 5 nitrogen and oxygen atoms in total. The second kappa shape index (κ2) is 7.65. The topological polar surface area (TPSA) is 78.4 Å². The van der Waals surface area contributed by atoms with Gasteiger partial charge in [0, 0.05) is 12.0 Å². The molecule has 1 aromatic rings. The Hall–Kier alpha value is -2.09. The van der Waals surface area contributed by atoms with Gasteiger partial charge in [-0.25, -0.2) is 13.2 Å². The minimum Gasteiger partial charge on any atom is -0.392 e. The van der Waals surface area contributed by atoms with E-state index in [1.165, 1.54) is 0 Å². The van der Waals surface area contributed by atoms with Gasteiger partial charge in [0.1, 0.15) is 0 Å². The largest absolute Gasteiger partial charge is 0.392 e. The van der Waals surface area contributed by atoms with E-state index >= 15 is 0 Å². The Bertz CT molecular complexity index is 633. The van der Waals surface area contributed by atoms with Gasteiger partial charge in [-0.3, -0.25) is 9.59 Å². The van der Waals surface area contributed by atoms with Crippen molar-refractivity contribution in [2.24, 2.45) is 11.3 Å². The average molecular weight is 346 g/mol. The Morgan fingerprint density at radius 1 is 1.12 bits per heavy atom. The zero-order valence-electron chi connectivity index (χ0n) is 13.9. The number of aliphatic hydroxyl groups excluding tert-OH is 1. The van der Waals surface area contributed by atoms with Crippen LogP contribution in [-0.4, -0.2) is 29.6 Å². The van der Waals surface area contributed by atoms with E-state index in [2.05, 4.69) is 5.32 Å². The molecule has 0 spiro atoms. The number of carbonyl (C=O) groups is 2. The Kier molecular flexibility index (Phi) is 6.36. The molecule has 0 aromatic heterocycles. The van der Waals surface area contributed by atoms with Gasteiger partial charge in [0.2, 0.25) is 0 Å². The lowest BCUT2D eigenvalue weighted by molar-refractivity contribution is -0.136. The van der Waals surface area contributed by atoms with E-state index in [0.29, 0.717) is 6.07 Å². The molecule has 24 heavy (non-hydrogen) atoms. The molecule has 0 saturated heterocycles. The van der Waals surface area contributed by atoms with E-state index in [9.17, 15) is 27.9 Å². The number of carbonyl (C=O) groups excluding carboxylic acids is 2. The van der Waals surface area contributed by atoms with E-state index in [1.807, 2.05) is 19.2 Å². The molecule has 8 heteroatoms. The molecule has 2 amide bonds. The van der Waals surface area contributed by atoms with Crippen LogP contribution in [0.4, 0.5) is 18.9 Å². The molecule has 0 saturated carbocycles. The van der Waals surface area contributed by atoms with Gasteiger partial charge >= 0.3 is 11.8 Å². The molecule has 0 heterocycles. The second-order valence-corrected chi connectivity index (χ2v) is 6.54. The predicted molar refractivity (Wildman–Crippen MR) is 82.6 cm³/mol. The predicted octanol–water partition coefficient (Wildman–Crippen LogP) is 2.20. The number of hydrogen-bond donors (Lipinski definition) is 3. The normalized spacial score (nSPS) is 12.9. The van der Waals surface area contributed by atoms with Crippen LogP contribution in [0.2, 0.25) is 0 Å². The van der Waals surface area contributed by atoms with Gasteiger partial charge in [0.15, 0.2) is 17.5 Å². The van der Waals surface area contributed by atoms with Crippen LogP contribution >= 0.6 is 0 Å². The summed E-state index contributed by atoms with van der Waals surface area (Å²) in [5.41, 5.74) is -1.34. The molecular formula is C16H21F3N2O3. The monoisotopic (exact) mass is 346 g/mol. The van der Waals surface area contributed by atoms with E-state index in [-0.39, 0.29) is 12.5 Å². The molecular weight excluding hydrogens is 325 g/mol. The van der Waals surface area contributed by atoms with Gasteiger partial charge in [-0.05, 0) is 18.1 Å². The maximum Gasteiger partial charge on any atom is 0.313 e. The first-order valence-corrected chi connectivity index (χ1v) is 7.38. The van der Waals surface area contributed by atoms with Crippen molar-refractivity contribution in [3.63, 3.8) is 0 Å². The van der Waals surface area contributed by atoms with Gasteiger partial charge in [0.25, 0.3) is 0 Å². The van der Waals surface area contributed by atoms with Gasteiger partial charge in [-0.15, -0.1) is 0 Å². The van der Waals surface area contributed by atoms with Crippen molar-refractivity contribution < 1.29 is 27.9 Å². The highest BCUT2D eigenvalue weighted by atomic mass is 19.2. The summed E-state index contributed by atoms with van der Waals surface area (Å²) in [4.78, 5) is 23.5. The minimum atomic E-state index is -1.74. The summed E-state index contributed by atoms with van der Waals surface area (Å²) in [6, 6.07) is 1.44. The standard InChI is InChI=1S/C16H21F3N2O3/c1-8(2)13(22)16(3,4)7-20-14(23)15(24)21-10-6-5-9(17)11(18)12(10)19/h5-6,8,13,22H,7H2,1-4H3,(H,20,23)(H,21,24). The maximum atomic E-state index is 13.5. The van der Waals surface area contributed by atoms with Crippen molar-refractivity contribution in [2.45, 2.75) is 33.8 Å². The van der Waals surface area contributed by atoms with Crippen molar-refractivity contribution in [2.75, 3.05) is 11.9 Å². The van der Waals surface area contributed by atoms with Crippen molar-refractivity contribution in [3.8, 4) is 0 Å². The molecule has 0 aliphatic carbocycles. The number of nitrogens with one attached hydrogen (secondary N) is 2. The number of anilines is 1. The Labute approximate surface area is 138 Å². The molecule has 0 fully saturated rings. The van der Waals surface area contributed by atoms with Crippen LogP contribution < -0.4 is 10.6 Å². The fourth-order valence-corrected chi connectivity index (χ4v) is 2.20. The lowest BCUT2D eigenvalue weighted by atomic mass is 9.81. The summed E-state index contributed by atoms with van der Waals surface area (Å²) in [7, 11) is 0. The van der Waals surface area contributed by atoms with Crippen LogP contribution in [0.1, 0.15) is 27.7 Å². The molecule has 3 N–H and O–H groups in total. The number of amides is 2. The molecule has 1 atom stereocenters. The van der Waals surface area contributed by atoms with Crippen molar-refractivity contribution in [1.82, 2.24) is 5.32 Å². The summed E-state index contributed by atoms with van der Waals surface area (Å²) in [6.07, 6.45) is -0.718. The molecule has 134 valence electrons. The highest BCUT2D eigenvalue weighted by molar-refractivity contribution is 6.39. The Morgan fingerprint density at radius 2 is 1.71 bits per heavy atom. The average Bonchev–Trinajstić information content (AvgIpc) is 2.52. The molecule has 1 unspecified atom stereocenters. The zero-order chi connectivity index (χ0) is 18.7. The highest BCUT2D eigenvalue weighted by Crippen LogP contribution is 2.25. The van der Waals surface area contributed by atoms with Gasteiger partial charge in [-0.1, -0.05) is 27.7 Å². The third-order valence-corrected chi connectivity index (χ3v) is 3.63. The second-order valence-electron chi connectivity index (χ2n) is 6.54. The molecule has 0 radical (unpaired) electrons. The molecule has 1 aromatic carbocycles.